The first-order valence-corrected chi connectivity index (χ1v) is 6.58. The Kier molecular flexibility index (Phi) is 4.57. The van der Waals surface area contributed by atoms with Gasteiger partial charge >= 0.3 is 0 Å². The molecule has 1 aliphatic heterocycles. The maximum Gasteiger partial charge on any atom is 0.149 e. The molecule has 1 aromatic heterocycles. The molecular formula is C12H19ClN4. The average Bonchev–Trinajstić information content (AvgIpc) is 2.37. The van der Waals surface area contributed by atoms with E-state index >= 15 is 0 Å². The SMILES string of the molecule is CNCCC1CCCCN1c1cncc(Cl)n1. The first-order chi connectivity index (χ1) is 8.31. The van der Waals surface area contributed by atoms with Crippen molar-refractivity contribution in [1.29, 1.82) is 0 Å². The third kappa shape index (κ3) is 3.30. The topological polar surface area (TPSA) is 41.0 Å². The predicted molar refractivity (Wildman–Crippen MR) is 70.6 cm³/mol. The number of hydrogen-bond donors (Lipinski definition) is 1. The van der Waals surface area contributed by atoms with E-state index in [9.17, 15) is 0 Å². The fraction of sp³-hybridized carbons (Fsp3) is 0.667. The van der Waals surface area contributed by atoms with Gasteiger partial charge in [0.1, 0.15) is 11.0 Å². The summed E-state index contributed by atoms with van der Waals surface area (Å²) in [4.78, 5) is 10.8. The number of hydrogen-bond acceptors (Lipinski definition) is 4. The van der Waals surface area contributed by atoms with Crippen LogP contribution in [0, 0.1) is 0 Å². The monoisotopic (exact) mass is 254 g/mol. The Bertz CT molecular complexity index is 358. The summed E-state index contributed by atoms with van der Waals surface area (Å²) in [6.45, 7) is 2.10. The number of rotatable bonds is 4. The van der Waals surface area contributed by atoms with Gasteiger partial charge < -0.3 is 10.2 Å². The molecular weight excluding hydrogens is 236 g/mol. The summed E-state index contributed by atoms with van der Waals surface area (Å²) in [7, 11) is 1.99. The first kappa shape index (κ1) is 12.6. The molecule has 17 heavy (non-hydrogen) atoms. The van der Waals surface area contributed by atoms with Crippen LogP contribution in [0.2, 0.25) is 5.15 Å². The van der Waals surface area contributed by atoms with Gasteiger partial charge in [0.05, 0.1) is 12.4 Å². The summed E-state index contributed by atoms with van der Waals surface area (Å²) in [5.41, 5.74) is 0. The number of nitrogens with zero attached hydrogens (tertiary/aromatic N) is 3. The minimum absolute atomic E-state index is 0.473. The van der Waals surface area contributed by atoms with Gasteiger partial charge in [0, 0.05) is 12.6 Å². The second kappa shape index (κ2) is 6.17. The molecule has 4 nitrogen and oxygen atoms in total. The molecule has 1 fully saturated rings. The molecule has 94 valence electrons. The van der Waals surface area contributed by atoms with Gasteiger partial charge in [-0.05, 0) is 39.3 Å². The molecule has 0 aromatic carbocycles. The summed E-state index contributed by atoms with van der Waals surface area (Å²) < 4.78 is 0. The highest BCUT2D eigenvalue weighted by atomic mass is 35.5. The van der Waals surface area contributed by atoms with Crippen LogP contribution in [0.1, 0.15) is 25.7 Å². The molecule has 0 spiro atoms. The predicted octanol–water partition coefficient (Wildman–Crippen LogP) is 2.10. The Morgan fingerprint density at radius 3 is 3.12 bits per heavy atom. The van der Waals surface area contributed by atoms with Gasteiger partial charge in [0.2, 0.25) is 0 Å². The van der Waals surface area contributed by atoms with Crippen LogP contribution in [-0.4, -0.2) is 36.1 Å². The van der Waals surface area contributed by atoms with E-state index < -0.39 is 0 Å². The molecule has 1 aromatic rings. The van der Waals surface area contributed by atoms with E-state index in [1.54, 1.807) is 6.20 Å². The zero-order valence-corrected chi connectivity index (χ0v) is 11.0. The van der Waals surface area contributed by atoms with E-state index in [0.717, 1.165) is 25.3 Å². The molecule has 2 heterocycles. The Labute approximate surface area is 107 Å². The van der Waals surface area contributed by atoms with Crippen LogP contribution < -0.4 is 10.2 Å². The molecule has 0 aliphatic carbocycles. The van der Waals surface area contributed by atoms with Gasteiger partial charge in [0.25, 0.3) is 0 Å². The number of aromatic nitrogens is 2. The van der Waals surface area contributed by atoms with Crippen LogP contribution in [0.25, 0.3) is 0 Å². The van der Waals surface area contributed by atoms with Gasteiger partial charge in [-0.1, -0.05) is 11.6 Å². The molecule has 1 atom stereocenters. The van der Waals surface area contributed by atoms with E-state index in [1.165, 1.54) is 19.3 Å². The summed E-state index contributed by atoms with van der Waals surface area (Å²) in [5, 5.41) is 3.68. The average molecular weight is 255 g/mol. The zero-order chi connectivity index (χ0) is 12.1. The summed E-state index contributed by atoms with van der Waals surface area (Å²) in [6, 6.07) is 0.559. The van der Waals surface area contributed by atoms with Crippen molar-refractivity contribution in [1.82, 2.24) is 15.3 Å². The molecule has 1 N–H and O–H groups in total. The third-order valence-corrected chi connectivity index (χ3v) is 3.42. The normalized spacial score (nSPS) is 20.6. The lowest BCUT2D eigenvalue weighted by molar-refractivity contribution is 0.430. The van der Waals surface area contributed by atoms with Gasteiger partial charge in [-0.15, -0.1) is 0 Å². The molecule has 0 saturated carbocycles. The zero-order valence-electron chi connectivity index (χ0n) is 10.2. The maximum absolute atomic E-state index is 5.90. The third-order valence-electron chi connectivity index (χ3n) is 3.24. The van der Waals surface area contributed by atoms with Crippen molar-refractivity contribution in [2.75, 3.05) is 25.0 Å². The highest BCUT2D eigenvalue weighted by Crippen LogP contribution is 2.25. The summed E-state index contributed by atoms with van der Waals surface area (Å²) >= 11 is 5.90. The molecule has 0 bridgehead atoms. The van der Waals surface area contributed by atoms with Crippen LogP contribution in [-0.2, 0) is 0 Å². The lowest BCUT2D eigenvalue weighted by atomic mass is 9.99. The number of nitrogens with one attached hydrogen (secondary N) is 1. The Morgan fingerprint density at radius 1 is 1.47 bits per heavy atom. The maximum atomic E-state index is 5.90. The fourth-order valence-electron chi connectivity index (χ4n) is 2.38. The fourth-order valence-corrected chi connectivity index (χ4v) is 2.53. The van der Waals surface area contributed by atoms with E-state index in [0.29, 0.717) is 11.2 Å². The summed E-state index contributed by atoms with van der Waals surface area (Å²) in [5.74, 6) is 0.915. The Hall–Kier alpha value is -0.870. The molecule has 1 unspecified atom stereocenters. The second-order valence-electron chi connectivity index (χ2n) is 4.44. The van der Waals surface area contributed by atoms with Gasteiger partial charge in [0.15, 0.2) is 0 Å². The Morgan fingerprint density at radius 2 is 2.35 bits per heavy atom. The van der Waals surface area contributed by atoms with E-state index in [2.05, 4.69) is 20.2 Å². The quantitative estimate of drug-likeness (QED) is 0.894. The molecule has 5 heteroatoms. The molecule has 1 saturated heterocycles. The van der Waals surface area contributed by atoms with Crippen molar-refractivity contribution in [3.05, 3.63) is 17.5 Å². The minimum atomic E-state index is 0.473. The van der Waals surface area contributed by atoms with Crippen LogP contribution >= 0.6 is 11.6 Å². The van der Waals surface area contributed by atoms with E-state index in [1.807, 2.05) is 13.2 Å². The van der Waals surface area contributed by atoms with Crippen molar-refractivity contribution in [3.8, 4) is 0 Å². The van der Waals surface area contributed by atoms with Crippen molar-refractivity contribution in [2.45, 2.75) is 31.7 Å². The largest absolute Gasteiger partial charge is 0.352 e. The lowest BCUT2D eigenvalue weighted by Gasteiger charge is -2.36. The van der Waals surface area contributed by atoms with E-state index in [-0.39, 0.29) is 0 Å². The number of halogens is 1. The van der Waals surface area contributed by atoms with Crippen molar-refractivity contribution in [2.24, 2.45) is 0 Å². The first-order valence-electron chi connectivity index (χ1n) is 6.20. The standard InChI is InChI=1S/C12H19ClN4/c1-14-6-5-10-4-2-3-7-17(10)12-9-15-8-11(13)16-12/h8-10,14H,2-7H2,1H3. The van der Waals surface area contributed by atoms with Crippen LogP contribution in [0.3, 0.4) is 0 Å². The van der Waals surface area contributed by atoms with Crippen LogP contribution in [0.5, 0.6) is 0 Å². The van der Waals surface area contributed by atoms with Crippen molar-refractivity contribution < 1.29 is 0 Å². The lowest BCUT2D eigenvalue weighted by Crippen LogP contribution is -2.41. The second-order valence-corrected chi connectivity index (χ2v) is 4.82. The van der Waals surface area contributed by atoms with E-state index in [4.69, 9.17) is 11.6 Å². The molecule has 1 aliphatic rings. The highest BCUT2D eigenvalue weighted by Gasteiger charge is 2.23. The Balaban J connectivity index is 2.10. The number of anilines is 1. The van der Waals surface area contributed by atoms with Gasteiger partial charge in [-0.2, -0.15) is 0 Å². The number of piperidine rings is 1. The molecule has 0 radical (unpaired) electrons. The highest BCUT2D eigenvalue weighted by molar-refractivity contribution is 6.29. The molecule has 0 amide bonds. The molecule has 2 rings (SSSR count). The minimum Gasteiger partial charge on any atom is -0.352 e. The van der Waals surface area contributed by atoms with Crippen molar-refractivity contribution in [3.63, 3.8) is 0 Å². The van der Waals surface area contributed by atoms with Crippen LogP contribution in [0.4, 0.5) is 5.82 Å². The summed E-state index contributed by atoms with van der Waals surface area (Å²) in [6.07, 6.45) is 8.30. The van der Waals surface area contributed by atoms with Gasteiger partial charge in [-0.3, -0.25) is 4.98 Å². The van der Waals surface area contributed by atoms with Crippen LogP contribution in [0.15, 0.2) is 12.4 Å². The smallest absolute Gasteiger partial charge is 0.149 e. The van der Waals surface area contributed by atoms with Crippen molar-refractivity contribution >= 4 is 17.4 Å². The van der Waals surface area contributed by atoms with Gasteiger partial charge in [-0.25, -0.2) is 4.98 Å².